The van der Waals surface area contributed by atoms with Crippen molar-refractivity contribution < 1.29 is 4.74 Å². The van der Waals surface area contributed by atoms with Gasteiger partial charge < -0.3 is 10.5 Å². The summed E-state index contributed by atoms with van der Waals surface area (Å²) in [4.78, 5) is 2.58. The first kappa shape index (κ1) is 13.9. The average Bonchev–Trinajstić information content (AvgIpc) is 2.26. The highest BCUT2D eigenvalue weighted by atomic mass is 16.5. The number of nitrogens with two attached hydrogens (primary N) is 1. The molecule has 0 radical (unpaired) electrons. The van der Waals surface area contributed by atoms with E-state index in [2.05, 4.69) is 18.7 Å². The minimum Gasteiger partial charge on any atom is -0.384 e. The van der Waals surface area contributed by atoms with E-state index in [0.29, 0.717) is 12.0 Å². The summed E-state index contributed by atoms with van der Waals surface area (Å²) in [6.45, 7) is 8.63. The van der Waals surface area contributed by atoms with Gasteiger partial charge in [-0.3, -0.25) is 4.90 Å². The molecule has 0 bridgehead atoms. The number of methoxy groups -OCH3 is 1. The second-order valence-electron chi connectivity index (χ2n) is 5.48. The number of ether oxygens (including phenoxy) is 1. The summed E-state index contributed by atoms with van der Waals surface area (Å²) in [5.74, 6) is 1.44. The van der Waals surface area contributed by atoms with E-state index in [0.717, 1.165) is 19.1 Å². The van der Waals surface area contributed by atoms with Gasteiger partial charge in [0.25, 0.3) is 0 Å². The number of hydrogen-bond donors (Lipinski definition) is 1. The van der Waals surface area contributed by atoms with Gasteiger partial charge >= 0.3 is 0 Å². The topological polar surface area (TPSA) is 38.5 Å². The average molecular weight is 228 g/mol. The Morgan fingerprint density at radius 3 is 2.75 bits per heavy atom. The molecule has 1 heterocycles. The Balaban J connectivity index is 2.43. The zero-order valence-electron chi connectivity index (χ0n) is 11.1. The fraction of sp³-hybridized carbons (Fsp3) is 1.00. The van der Waals surface area contributed by atoms with Crippen molar-refractivity contribution in [2.24, 2.45) is 17.6 Å². The summed E-state index contributed by atoms with van der Waals surface area (Å²) in [6.07, 6.45) is 3.82. The van der Waals surface area contributed by atoms with Gasteiger partial charge in [0.15, 0.2) is 0 Å². The second kappa shape index (κ2) is 7.25. The normalized spacial score (nSPS) is 24.9. The molecule has 1 saturated heterocycles. The summed E-state index contributed by atoms with van der Waals surface area (Å²) in [7, 11) is 1.80. The lowest BCUT2D eigenvalue weighted by Gasteiger charge is -2.38. The van der Waals surface area contributed by atoms with Gasteiger partial charge in [-0.25, -0.2) is 0 Å². The van der Waals surface area contributed by atoms with Crippen molar-refractivity contribution in [1.82, 2.24) is 4.90 Å². The Hall–Kier alpha value is -0.120. The van der Waals surface area contributed by atoms with Gasteiger partial charge in [0.1, 0.15) is 0 Å². The van der Waals surface area contributed by atoms with Crippen LogP contribution in [0.15, 0.2) is 0 Å². The van der Waals surface area contributed by atoms with Crippen LogP contribution in [0.2, 0.25) is 0 Å². The van der Waals surface area contributed by atoms with Crippen LogP contribution in [-0.2, 0) is 4.74 Å². The molecule has 2 unspecified atom stereocenters. The first-order chi connectivity index (χ1) is 7.67. The van der Waals surface area contributed by atoms with Crippen LogP contribution >= 0.6 is 0 Å². The van der Waals surface area contributed by atoms with Crippen molar-refractivity contribution in [1.29, 1.82) is 0 Å². The van der Waals surface area contributed by atoms with Gasteiger partial charge in [-0.15, -0.1) is 0 Å². The van der Waals surface area contributed by atoms with Crippen molar-refractivity contribution in [3.8, 4) is 0 Å². The number of nitrogens with zero attached hydrogens (tertiary/aromatic N) is 1. The van der Waals surface area contributed by atoms with Gasteiger partial charge in [0, 0.05) is 26.2 Å². The standard InChI is InChI=1S/C13H28N2O/c1-11(2)7-13(8-14)15-6-4-5-12(9-15)10-16-3/h11-13H,4-10,14H2,1-3H3. The maximum absolute atomic E-state index is 5.90. The maximum Gasteiger partial charge on any atom is 0.0502 e. The Morgan fingerprint density at radius 1 is 1.44 bits per heavy atom. The first-order valence-electron chi connectivity index (χ1n) is 6.60. The van der Waals surface area contributed by atoms with Crippen LogP contribution in [0.1, 0.15) is 33.1 Å². The van der Waals surface area contributed by atoms with Crippen LogP contribution in [0.3, 0.4) is 0 Å². The number of hydrogen-bond acceptors (Lipinski definition) is 3. The molecule has 0 amide bonds. The Labute approximate surface area is 100 Å². The van der Waals surface area contributed by atoms with Gasteiger partial charge in [-0.1, -0.05) is 13.8 Å². The minimum atomic E-state index is 0.569. The predicted octanol–water partition coefficient (Wildman–Crippen LogP) is 1.72. The zero-order chi connectivity index (χ0) is 12.0. The lowest BCUT2D eigenvalue weighted by atomic mass is 9.94. The molecule has 0 aromatic heterocycles. The third-order valence-electron chi connectivity index (χ3n) is 3.48. The largest absolute Gasteiger partial charge is 0.384 e. The van der Waals surface area contributed by atoms with Crippen LogP contribution < -0.4 is 5.73 Å². The van der Waals surface area contributed by atoms with E-state index >= 15 is 0 Å². The van der Waals surface area contributed by atoms with E-state index < -0.39 is 0 Å². The quantitative estimate of drug-likeness (QED) is 0.752. The summed E-state index contributed by atoms with van der Waals surface area (Å²) >= 11 is 0. The fourth-order valence-corrected chi connectivity index (χ4v) is 2.74. The molecule has 0 aromatic carbocycles. The molecule has 0 spiro atoms. The van der Waals surface area contributed by atoms with Gasteiger partial charge in [0.05, 0.1) is 6.61 Å². The zero-order valence-corrected chi connectivity index (χ0v) is 11.1. The molecule has 1 aliphatic heterocycles. The second-order valence-corrected chi connectivity index (χ2v) is 5.48. The van der Waals surface area contributed by atoms with Gasteiger partial charge in [-0.05, 0) is 37.6 Å². The van der Waals surface area contributed by atoms with Crippen LogP contribution in [0, 0.1) is 11.8 Å². The fourth-order valence-electron chi connectivity index (χ4n) is 2.74. The highest BCUT2D eigenvalue weighted by Crippen LogP contribution is 2.21. The number of likely N-dealkylation sites (tertiary alicyclic amines) is 1. The summed E-state index contributed by atoms with van der Waals surface area (Å²) in [5, 5.41) is 0. The molecule has 3 heteroatoms. The van der Waals surface area contributed by atoms with E-state index in [1.807, 2.05) is 0 Å². The van der Waals surface area contributed by atoms with E-state index in [4.69, 9.17) is 10.5 Å². The highest BCUT2D eigenvalue weighted by Gasteiger charge is 2.25. The van der Waals surface area contributed by atoms with E-state index in [1.54, 1.807) is 7.11 Å². The SMILES string of the molecule is COCC1CCCN(C(CN)CC(C)C)C1. The molecular formula is C13H28N2O. The van der Waals surface area contributed by atoms with E-state index in [-0.39, 0.29) is 0 Å². The smallest absolute Gasteiger partial charge is 0.0502 e. The van der Waals surface area contributed by atoms with Crippen LogP contribution in [-0.4, -0.2) is 44.3 Å². The van der Waals surface area contributed by atoms with Crippen LogP contribution in [0.25, 0.3) is 0 Å². The molecular weight excluding hydrogens is 200 g/mol. The Morgan fingerprint density at radius 2 is 2.19 bits per heavy atom. The molecule has 96 valence electrons. The number of rotatable bonds is 6. The van der Waals surface area contributed by atoms with Crippen molar-refractivity contribution in [3.05, 3.63) is 0 Å². The molecule has 1 fully saturated rings. The minimum absolute atomic E-state index is 0.569. The molecule has 1 aliphatic rings. The number of piperidine rings is 1. The first-order valence-corrected chi connectivity index (χ1v) is 6.60. The van der Waals surface area contributed by atoms with Gasteiger partial charge in [0.2, 0.25) is 0 Å². The Kier molecular flexibility index (Phi) is 6.32. The lowest BCUT2D eigenvalue weighted by molar-refractivity contribution is 0.0643. The molecule has 0 saturated carbocycles. The third kappa shape index (κ3) is 4.40. The third-order valence-corrected chi connectivity index (χ3v) is 3.48. The monoisotopic (exact) mass is 228 g/mol. The summed E-state index contributed by atoms with van der Waals surface area (Å²) < 4.78 is 5.27. The van der Waals surface area contributed by atoms with Gasteiger partial charge in [-0.2, -0.15) is 0 Å². The van der Waals surface area contributed by atoms with E-state index in [9.17, 15) is 0 Å². The molecule has 16 heavy (non-hydrogen) atoms. The predicted molar refractivity (Wildman–Crippen MR) is 68.5 cm³/mol. The molecule has 1 rings (SSSR count). The Bertz CT molecular complexity index is 183. The molecule has 3 nitrogen and oxygen atoms in total. The van der Waals surface area contributed by atoms with Crippen molar-refractivity contribution in [2.45, 2.75) is 39.2 Å². The molecule has 2 N–H and O–H groups in total. The van der Waals surface area contributed by atoms with E-state index in [1.165, 1.54) is 32.4 Å². The summed E-state index contributed by atoms with van der Waals surface area (Å²) in [6, 6.07) is 0.569. The summed E-state index contributed by atoms with van der Waals surface area (Å²) in [5.41, 5.74) is 5.90. The van der Waals surface area contributed by atoms with Crippen molar-refractivity contribution in [2.75, 3.05) is 33.4 Å². The maximum atomic E-state index is 5.90. The molecule has 2 atom stereocenters. The van der Waals surface area contributed by atoms with Crippen molar-refractivity contribution in [3.63, 3.8) is 0 Å². The van der Waals surface area contributed by atoms with Crippen LogP contribution in [0.5, 0.6) is 0 Å². The van der Waals surface area contributed by atoms with Crippen molar-refractivity contribution >= 4 is 0 Å². The molecule has 0 aliphatic carbocycles. The lowest BCUT2D eigenvalue weighted by Crippen LogP contribution is -2.47. The molecule has 0 aromatic rings. The highest BCUT2D eigenvalue weighted by molar-refractivity contribution is 4.80. The van der Waals surface area contributed by atoms with Crippen LogP contribution in [0.4, 0.5) is 0 Å².